The molecule has 74 valence electrons. The lowest BCUT2D eigenvalue weighted by atomic mass is 10.2. The normalized spacial score (nSPS) is 9.64. The van der Waals surface area contributed by atoms with Crippen molar-refractivity contribution in [2.75, 3.05) is 5.32 Å². The molecule has 0 saturated carbocycles. The Balaban J connectivity index is 3.14. The topological polar surface area (TPSA) is 46.2 Å². The third-order valence-corrected chi connectivity index (χ3v) is 1.52. The molecule has 0 aliphatic carbocycles. The molecule has 0 bridgehead atoms. The minimum Gasteiger partial charge on any atom is -0.324 e. The second-order valence-electron chi connectivity index (χ2n) is 2.65. The molecule has 0 radical (unpaired) electrons. The van der Waals surface area contributed by atoms with Crippen molar-refractivity contribution < 1.29 is 18.4 Å². The number of carbonyl (C=O) groups is 2. The van der Waals surface area contributed by atoms with Crippen molar-refractivity contribution >= 4 is 17.9 Å². The summed E-state index contributed by atoms with van der Waals surface area (Å²) in [6.07, 6.45) is 0.204. The van der Waals surface area contributed by atoms with Crippen molar-refractivity contribution in [2.45, 2.75) is 6.92 Å². The lowest BCUT2D eigenvalue weighted by molar-refractivity contribution is -0.114. The fraction of sp³-hybridized carbons (Fsp3) is 0.111. The second-order valence-corrected chi connectivity index (χ2v) is 2.65. The first-order valence-electron chi connectivity index (χ1n) is 3.76. The average Bonchev–Trinajstić information content (AvgIpc) is 2.10. The van der Waals surface area contributed by atoms with E-state index < -0.39 is 17.5 Å². The first-order chi connectivity index (χ1) is 6.54. The van der Waals surface area contributed by atoms with Gasteiger partial charge < -0.3 is 5.32 Å². The van der Waals surface area contributed by atoms with Gasteiger partial charge in [0, 0.05) is 13.0 Å². The van der Waals surface area contributed by atoms with Crippen LogP contribution in [-0.4, -0.2) is 12.2 Å². The Labute approximate surface area is 78.7 Å². The average molecular weight is 199 g/mol. The molecule has 14 heavy (non-hydrogen) atoms. The van der Waals surface area contributed by atoms with Crippen LogP contribution in [0.1, 0.15) is 17.3 Å². The number of nitrogens with one attached hydrogen (secondary N) is 1. The molecule has 3 nitrogen and oxygen atoms in total. The van der Waals surface area contributed by atoms with Gasteiger partial charge in [0.15, 0.2) is 6.29 Å². The van der Waals surface area contributed by atoms with Gasteiger partial charge in [-0.2, -0.15) is 0 Å². The molecule has 5 heteroatoms. The Bertz CT molecular complexity index is 391. The van der Waals surface area contributed by atoms with Gasteiger partial charge in [0.05, 0.1) is 11.3 Å². The van der Waals surface area contributed by atoms with Crippen LogP contribution >= 0.6 is 0 Å². The molecular weight excluding hydrogens is 192 g/mol. The Morgan fingerprint density at radius 3 is 2.50 bits per heavy atom. The third kappa shape index (κ3) is 2.12. The van der Waals surface area contributed by atoms with Crippen molar-refractivity contribution in [3.05, 3.63) is 29.3 Å². The molecule has 1 N–H and O–H groups in total. The molecule has 0 saturated heterocycles. The summed E-state index contributed by atoms with van der Waals surface area (Å²) in [7, 11) is 0. The molecule has 0 aromatic heterocycles. The number of amides is 1. The Kier molecular flexibility index (Phi) is 2.91. The first-order valence-corrected chi connectivity index (χ1v) is 3.76. The maximum Gasteiger partial charge on any atom is 0.221 e. The predicted octanol–water partition coefficient (Wildman–Crippen LogP) is 1.74. The molecule has 0 heterocycles. The number of benzene rings is 1. The van der Waals surface area contributed by atoms with Crippen molar-refractivity contribution in [1.29, 1.82) is 0 Å². The second kappa shape index (κ2) is 3.95. The van der Waals surface area contributed by atoms with E-state index in [4.69, 9.17) is 0 Å². The van der Waals surface area contributed by atoms with Gasteiger partial charge in [0.1, 0.15) is 11.6 Å². The molecule has 1 aromatic carbocycles. The van der Waals surface area contributed by atoms with Gasteiger partial charge in [0.25, 0.3) is 0 Å². The Hall–Kier alpha value is -1.78. The summed E-state index contributed by atoms with van der Waals surface area (Å²) in [6, 6.07) is 1.49. The van der Waals surface area contributed by atoms with Crippen LogP contribution in [0.2, 0.25) is 0 Å². The van der Waals surface area contributed by atoms with Gasteiger partial charge in [-0.25, -0.2) is 8.78 Å². The number of halogens is 2. The molecular formula is C9H7F2NO2. The van der Waals surface area contributed by atoms with E-state index in [9.17, 15) is 18.4 Å². The van der Waals surface area contributed by atoms with Gasteiger partial charge >= 0.3 is 0 Å². The van der Waals surface area contributed by atoms with E-state index in [1.807, 2.05) is 0 Å². The smallest absolute Gasteiger partial charge is 0.221 e. The van der Waals surface area contributed by atoms with E-state index in [1.54, 1.807) is 0 Å². The fourth-order valence-electron chi connectivity index (χ4n) is 0.938. The van der Waals surface area contributed by atoms with Crippen molar-refractivity contribution in [2.24, 2.45) is 0 Å². The van der Waals surface area contributed by atoms with E-state index in [1.165, 1.54) is 6.92 Å². The molecule has 0 atom stereocenters. The Morgan fingerprint density at radius 1 is 1.36 bits per heavy atom. The summed E-state index contributed by atoms with van der Waals surface area (Å²) in [6.45, 7) is 1.17. The van der Waals surface area contributed by atoms with Gasteiger partial charge in [-0.15, -0.1) is 0 Å². The van der Waals surface area contributed by atoms with Crippen LogP contribution in [0.3, 0.4) is 0 Å². The number of carbonyl (C=O) groups excluding carboxylic acids is 2. The predicted molar refractivity (Wildman–Crippen MR) is 46.0 cm³/mol. The quantitative estimate of drug-likeness (QED) is 0.737. The van der Waals surface area contributed by atoms with Gasteiger partial charge in [-0.1, -0.05) is 0 Å². The van der Waals surface area contributed by atoms with E-state index in [-0.39, 0.29) is 17.5 Å². The largest absolute Gasteiger partial charge is 0.324 e. The SMILES string of the molecule is CC(=O)Nc1cc(F)c(C=O)cc1F. The zero-order valence-corrected chi connectivity index (χ0v) is 7.30. The highest BCUT2D eigenvalue weighted by molar-refractivity contribution is 5.89. The standard InChI is InChI=1S/C9H7F2NO2/c1-5(14)12-9-3-7(10)6(4-13)2-8(9)11/h2-4H,1H3,(H,12,14). The highest BCUT2D eigenvalue weighted by Crippen LogP contribution is 2.18. The fourth-order valence-corrected chi connectivity index (χ4v) is 0.938. The van der Waals surface area contributed by atoms with Crippen LogP contribution in [0, 0.1) is 11.6 Å². The summed E-state index contributed by atoms with van der Waals surface area (Å²) in [5.74, 6) is -2.23. The van der Waals surface area contributed by atoms with Crippen LogP contribution in [-0.2, 0) is 4.79 Å². The maximum absolute atomic E-state index is 13.0. The van der Waals surface area contributed by atoms with Crippen LogP contribution in [0.15, 0.2) is 12.1 Å². The molecule has 0 aliphatic rings. The molecule has 0 fully saturated rings. The lowest BCUT2D eigenvalue weighted by Gasteiger charge is -2.04. The summed E-state index contributed by atoms with van der Waals surface area (Å²) >= 11 is 0. The van der Waals surface area contributed by atoms with Crippen LogP contribution in [0.4, 0.5) is 14.5 Å². The first kappa shape index (κ1) is 10.3. The zero-order chi connectivity index (χ0) is 10.7. The molecule has 0 spiro atoms. The van der Waals surface area contributed by atoms with E-state index >= 15 is 0 Å². The summed E-state index contributed by atoms with van der Waals surface area (Å²) in [5.41, 5.74) is -0.655. The van der Waals surface area contributed by atoms with Crippen LogP contribution in [0.25, 0.3) is 0 Å². The number of rotatable bonds is 2. The minimum absolute atomic E-state index is 0.204. The van der Waals surface area contributed by atoms with Crippen LogP contribution < -0.4 is 5.32 Å². The minimum atomic E-state index is -0.870. The summed E-state index contributed by atoms with van der Waals surface area (Å²) in [4.78, 5) is 20.8. The number of hydrogen-bond donors (Lipinski definition) is 1. The molecule has 0 aliphatic heterocycles. The summed E-state index contributed by atoms with van der Waals surface area (Å²) < 4.78 is 26.0. The molecule has 1 rings (SSSR count). The molecule has 1 amide bonds. The summed E-state index contributed by atoms with van der Waals surface area (Å²) in [5, 5.41) is 2.10. The van der Waals surface area contributed by atoms with Crippen molar-refractivity contribution in [3.63, 3.8) is 0 Å². The lowest BCUT2D eigenvalue weighted by Crippen LogP contribution is -2.08. The number of aldehydes is 1. The van der Waals surface area contributed by atoms with Crippen molar-refractivity contribution in [1.82, 2.24) is 0 Å². The van der Waals surface area contributed by atoms with E-state index in [2.05, 4.69) is 5.32 Å². The van der Waals surface area contributed by atoms with Crippen LogP contribution in [0.5, 0.6) is 0 Å². The third-order valence-electron chi connectivity index (χ3n) is 1.52. The molecule has 1 aromatic rings. The zero-order valence-electron chi connectivity index (χ0n) is 7.30. The Morgan fingerprint density at radius 2 is 2.00 bits per heavy atom. The van der Waals surface area contributed by atoms with Gasteiger partial charge in [0.2, 0.25) is 5.91 Å². The highest BCUT2D eigenvalue weighted by atomic mass is 19.1. The van der Waals surface area contributed by atoms with Gasteiger partial charge in [-0.3, -0.25) is 9.59 Å². The van der Waals surface area contributed by atoms with Crippen molar-refractivity contribution in [3.8, 4) is 0 Å². The van der Waals surface area contributed by atoms with E-state index in [0.29, 0.717) is 0 Å². The maximum atomic E-state index is 13.0. The number of hydrogen-bond acceptors (Lipinski definition) is 2. The number of anilines is 1. The monoisotopic (exact) mass is 199 g/mol. The molecule has 0 unspecified atom stereocenters. The highest BCUT2D eigenvalue weighted by Gasteiger charge is 2.09. The van der Waals surface area contributed by atoms with Gasteiger partial charge in [-0.05, 0) is 6.07 Å². The van der Waals surface area contributed by atoms with E-state index in [0.717, 1.165) is 12.1 Å².